The number of nitrogens with zero attached hydrogens (tertiary/aromatic N) is 1. The lowest BCUT2D eigenvalue weighted by atomic mass is 9.98. The molecule has 1 aromatic rings. The molecule has 1 aromatic carbocycles. The molecular formula is C17H28N2. The molecule has 0 saturated heterocycles. The standard InChI is InChI=1S/C17H28N2/c1-12-10-14(3)15(11-13(12)2)8-9-19(4)17-7-5-6-16(17)18/h10-11,16-17H,5-9,18H2,1-4H3. The van der Waals surface area contributed by atoms with E-state index < -0.39 is 0 Å². The Bertz CT molecular complexity index is 439. The summed E-state index contributed by atoms with van der Waals surface area (Å²) in [5.74, 6) is 0. The van der Waals surface area contributed by atoms with Crippen LogP contribution in [0, 0.1) is 20.8 Å². The Morgan fingerprint density at radius 2 is 1.79 bits per heavy atom. The summed E-state index contributed by atoms with van der Waals surface area (Å²) >= 11 is 0. The highest BCUT2D eigenvalue weighted by molar-refractivity contribution is 5.36. The van der Waals surface area contributed by atoms with E-state index >= 15 is 0 Å². The molecule has 2 N–H and O–H groups in total. The summed E-state index contributed by atoms with van der Waals surface area (Å²) in [6.07, 6.45) is 4.88. The van der Waals surface area contributed by atoms with Crippen LogP contribution in [0.15, 0.2) is 12.1 Å². The van der Waals surface area contributed by atoms with Gasteiger partial charge in [-0.1, -0.05) is 18.6 Å². The van der Waals surface area contributed by atoms with E-state index in [2.05, 4.69) is 44.9 Å². The summed E-state index contributed by atoms with van der Waals surface area (Å²) in [7, 11) is 2.23. The molecule has 2 heteroatoms. The molecule has 106 valence electrons. The van der Waals surface area contributed by atoms with Gasteiger partial charge in [-0.05, 0) is 69.3 Å². The predicted molar refractivity (Wildman–Crippen MR) is 82.6 cm³/mol. The first-order valence-electron chi connectivity index (χ1n) is 7.51. The summed E-state index contributed by atoms with van der Waals surface area (Å²) in [5.41, 5.74) is 11.9. The minimum atomic E-state index is 0.380. The quantitative estimate of drug-likeness (QED) is 0.902. The Labute approximate surface area is 118 Å². The molecule has 1 aliphatic rings. The summed E-state index contributed by atoms with van der Waals surface area (Å²) in [6.45, 7) is 7.73. The van der Waals surface area contributed by atoms with Gasteiger partial charge in [0.2, 0.25) is 0 Å². The summed E-state index contributed by atoms with van der Waals surface area (Å²) in [5, 5.41) is 0. The van der Waals surface area contributed by atoms with E-state index in [4.69, 9.17) is 5.73 Å². The molecule has 0 aliphatic heterocycles. The number of benzene rings is 1. The topological polar surface area (TPSA) is 29.3 Å². The Hall–Kier alpha value is -0.860. The van der Waals surface area contributed by atoms with Crippen LogP contribution in [0.25, 0.3) is 0 Å². The fourth-order valence-corrected chi connectivity index (χ4v) is 3.27. The van der Waals surface area contributed by atoms with Gasteiger partial charge < -0.3 is 10.6 Å². The van der Waals surface area contributed by atoms with Crippen LogP contribution < -0.4 is 5.73 Å². The first-order chi connectivity index (χ1) is 8.99. The van der Waals surface area contributed by atoms with Gasteiger partial charge >= 0.3 is 0 Å². The van der Waals surface area contributed by atoms with Crippen molar-refractivity contribution < 1.29 is 0 Å². The van der Waals surface area contributed by atoms with Crippen LogP contribution in [0.2, 0.25) is 0 Å². The van der Waals surface area contributed by atoms with E-state index in [1.54, 1.807) is 0 Å². The van der Waals surface area contributed by atoms with Gasteiger partial charge in [-0.15, -0.1) is 0 Å². The van der Waals surface area contributed by atoms with Crippen molar-refractivity contribution in [3.8, 4) is 0 Å². The molecule has 1 aliphatic carbocycles. The van der Waals surface area contributed by atoms with E-state index in [0.717, 1.165) is 13.0 Å². The van der Waals surface area contributed by atoms with Crippen LogP contribution in [0.3, 0.4) is 0 Å². The fraction of sp³-hybridized carbons (Fsp3) is 0.647. The van der Waals surface area contributed by atoms with Crippen molar-refractivity contribution in [3.05, 3.63) is 34.4 Å². The zero-order valence-electron chi connectivity index (χ0n) is 12.9. The van der Waals surface area contributed by atoms with Gasteiger partial charge in [-0.2, -0.15) is 0 Å². The molecule has 2 atom stereocenters. The van der Waals surface area contributed by atoms with E-state index in [-0.39, 0.29) is 0 Å². The summed E-state index contributed by atoms with van der Waals surface area (Å²) < 4.78 is 0. The third kappa shape index (κ3) is 3.37. The molecule has 19 heavy (non-hydrogen) atoms. The average Bonchev–Trinajstić information content (AvgIpc) is 2.78. The first-order valence-corrected chi connectivity index (χ1v) is 7.51. The Morgan fingerprint density at radius 3 is 2.42 bits per heavy atom. The lowest BCUT2D eigenvalue weighted by molar-refractivity contribution is 0.231. The van der Waals surface area contributed by atoms with Crippen LogP contribution in [0.5, 0.6) is 0 Å². The summed E-state index contributed by atoms with van der Waals surface area (Å²) in [6, 6.07) is 5.64. The van der Waals surface area contributed by atoms with Gasteiger partial charge in [0.25, 0.3) is 0 Å². The van der Waals surface area contributed by atoms with E-state index in [0.29, 0.717) is 12.1 Å². The third-order valence-electron chi connectivity index (χ3n) is 4.78. The highest BCUT2D eigenvalue weighted by atomic mass is 15.1. The molecule has 0 spiro atoms. The van der Waals surface area contributed by atoms with E-state index in [9.17, 15) is 0 Å². The van der Waals surface area contributed by atoms with Crippen molar-refractivity contribution in [2.24, 2.45) is 5.73 Å². The number of likely N-dealkylation sites (N-methyl/N-ethyl adjacent to an activating group) is 1. The molecule has 2 nitrogen and oxygen atoms in total. The van der Waals surface area contributed by atoms with Crippen molar-refractivity contribution >= 4 is 0 Å². The van der Waals surface area contributed by atoms with Gasteiger partial charge in [0.05, 0.1) is 0 Å². The molecule has 0 aromatic heterocycles. The van der Waals surface area contributed by atoms with Crippen molar-refractivity contribution in [1.82, 2.24) is 4.90 Å². The van der Waals surface area contributed by atoms with Crippen LogP contribution in [0.4, 0.5) is 0 Å². The molecule has 0 amide bonds. The zero-order chi connectivity index (χ0) is 14.0. The van der Waals surface area contributed by atoms with Gasteiger partial charge in [-0.3, -0.25) is 0 Å². The lowest BCUT2D eigenvalue weighted by Crippen LogP contribution is -2.43. The number of nitrogens with two attached hydrogens (primary N) is 1. The van der Waals surface area contributed by atoms with Crippen molar-refractivity contribution in [2.75, 3.05) is 13.6 Å². The fourth-order valence-electron chi connectivity index (χ4n) is 3.27. The maximum Gasteiger partial charge on any atom is 0.0244 e. The minimum absolute atomic E-state index is 0.380. The second kappa shape index (κ2) is 6.06. The van der Waals surface area contributed by atoms with Crippen LogP contribution in [0.1, 0.15) is 41.5 Å². The third-order valence-corrected chi connectivity index (χ3v) is 4.78. The number of aryl methyl sites for hydroxylation is 3. The second-order valence-electron chi connectivity index (χ2n) is 6.26. The normalized spacial score (nSPS) is 23.3. The predicted octanol–water partition coefficient (Wildman–Crippen LogP) is 2.97. The molecule has 2 unspecified atom stereocenters. The average molecular weight is 260 g/mol. The maximum atomic E-state index is 6.18. The van der Waals surface area contributed by atoms with Crippen molar-refractivity contribution in [3.63, 3.8) is 0 Å². The number of rotatable bonds is 4. The summed E-state index contributed by atoms with van der Waals surface area (Å²) in [4.78, 5) is 2.46. The van der Waals surface area contributed by atoms with Crippen LogP contribution in [-0.4, -0.2) is 30.6 Å². The molecule has 0 radical (unpaired) electrons. The highest BCUT2D eigenvalue weighted by Gasteiger charge is 2.26. The number of hydrogen-bond acceptors (Lipinski definition) is 2. The molecule has 0 heterocycles. The smallest absolute Gasteiger partial charge is 0.0244 e. The van der Waals surface area contributed by atoms with Crippen molar-refractivity contribution in [1.29, 1.82) is 0 Å². The molecule has 1 fully saturated rings. The van der Waals surface area contributed by atoms with Crippen molar-refractivity contribution in [2.45, 2.75) is 58.5 Å². The monoisotopic (exact) mass is 260 g/mol. The van der Waals surface area contributed by atoms with Gasteiger partial charge in [0.1, 0.15) is 0 Å². The molecule has 0 bridgehead atoms. The minimum Gasteiger partial charge on any atom is -0.326 e. The van der Waals surface area contributed by atoms with E-state index in [1.807, 2.05) is 0 Å². The number of hydrogen-bond donors (Lipinski definition) is 1. The SMILES string of the molecule is Cc1cc(C)c(CCN(C)C2CCCC2N)cc1C. The van der Waals surface area contributed by atoms with Gasteiger partial charge in [-0.25, -0.2) is 0 Å². The Balaban J connectivity index is 1.97. The Morgan fingerprint density at radius 1 is 1.11 bits per heavy atom. The molecular weight excluding hydrogens is 232 g/mol. The lowest BCUT2D eigenvalue weighted by Gasteiger charge is -2.28. The Kier molecular flexibility index (Phi) is 4.64. The maximum absolute atomic E-state index is 6.18. The van der Waals surface area contributed by atoms with Crippen LogP contribution >= 0.6 is 0 Å². The van der Waals surface area contributed by atoms with Gasteiger partial charge in [0.15, 0.2) is 0 Å². The molecule has 1 saturated carbocycles. The highest BCUT2D eigenvalue weighted by Crippen LogP contribution is 2.22. The zero-order valence-corrected chi connectivity index (χ0v) is 12.9. The van der Waals surface area contributed by atoms with Crippen LogP contribution in [-0.2, 0) is 6.42 Å². The first kappa shape index (κ1) is 14.5. The second-order valence-corrected chi connectivity index (χ2v) is 6.26. The van der Waals surface area contributed by atoms with E-state index in [1.165, 1.54) is 41.5 Å². The molecule has 2 rings (SSSR count). The van der Waals surface area contributed by atoms with Gasteiger partial charge in [0, 0.05) is 18.6 Å². The largest absolute Gasteiger partial charge is 0.326 e.